The minimum atomic E-state index is 0.661. The predicted octanol–water partition coefficient (Wildman–Crippen LogP) is 10.6. The zero-order chi connectivity index (χ0) is 29.6. The Bertz CT molecular complexity index is 2320. The molecule has 8 aromatic rings. The summed E-state index contributed by atoms with van der Waals surface area (Å²) in [5.41, 5.74) is 7.72. The lowest BCUT2D eigenvalue weighted by atomic mass is 9.93. The number of fused-ring (bicyclic) bond motifs is 6. The molecule has 0 saturated heterocycles. The van der Waals surface area contributed by atoms with Crippen LogP contribution in [-0.4, -0.2) is 15.0 Å². The molecule has 0 N–H and O–H groups in total. The van der Waals surface area contributed by atoms with E-state index in [-0.39, 0.29) is 0 Å². The summed E-state index contributed by atoms with van der Waals surface area (Å²) >= 11 is 0. The first-order valence-corrected chi connectivity index (χ1v) is 15.0. The molecule has 0 saturated carbocycles. The number of hydrogen-bond donors (Lipinski definition) is 0. The van der Waals surface area contributed by atoms with Crippen LogP contribution in [-0.2, 0) is 0 Å². The van der Waals surface area contributed by atoms with Gasteiger partial charge < -0.3 is 0 Å². The van der Waals surface area contributed by atoms with Crippen LogP contribution in [0.1, 0.15) is 11.1 Å². The molecule has 0 aliphatic rings. The fourth-order valence-corrected chi connectivity index (χ4v) is 6.43. The van der Waals surface area contributed by atoms with Gasteiger partial charge in [-0.1, -0.05) is 133 Å². The number of aryl methyl sites for hydroxylation is 1. The summed E-state index contributed by atoms with van der Waals surface area (Å²) in [5, 5.41) is 7.40. The Morgan fingerprint density at radius 1 is 0.341 bits per heavy atom. The highest BCUT2D eigenvalue weighted by molar-refractivity contribution is 6.25. The molecule has 0 atom stereocenters. The molecule has 208 valence electrons. The molecule has 0 unspecified atom stereocenters. The lowest BCUT2D eigenvalue weighted by Crippen LogP contribution is -2.02. The van der Waals surface area contributed by atoms with E-state index in [1.54, 1.807) is 0 Å². The molecule has 1 heterocycles. The van der Waals surface area contributed by atoms with Crippen LogP contribution in [0.25, 0.3) is 77.6 Å². The summed E-state index contributed by atoms with van der Waals surface area (Å²) in [5.74, 6) is 1.99. The summed E-state index contributed by atoms with van der Waals surface area (Å²) < 4.78 is 0. The van der Waals surface area contributed by atoms with Crippen LogP contribution in [0.2, 0.25) is 0 Å². The van der Waals surface area contributed by atoms with Gasteiger partial charge in [0.25, 0.3) is 0 Å². The second-order valence-corrected chi connectivity index (χ2v) is 11.3. The monoisotopic (exact) mass is 563 g/mol. The van der Waals surface area contributed by atoms with Crippen LogP contribution in [0, 0.1) is 13.8 Å². The van der Waals surface area contributed by atoms with E-state index in [0.29, 0.717) is 17.5 Å². The molecular weight excluding hydrogens is 534 g/mol. The van der Waals surface area contributed by atoms with Gasteiger partial charge in [-0.3, -0.25) is 0 Å². The fourth-order valence-electron chi connectivity index (χ4n) is 6.43. The number of benzene rings is 7. The highest BCUT2D eigenvalue weighted by atomic mass is 15.0. The van der Waals surface area contributed by atoms with Crippen molar-refractivity contribution in [2.24, 2.45) is 0 Å². The van der Waals surface area contributed by atoms with Gasteiger partial charge in [-0.05, 0) is 74.5 Å². The summed E-state index contributed by atoms with van der Waals surface area (Å²) in [6.45, 7) is 4.32. The molecular formula is C41H29N3. The van der Waals surface area contributed by atoms with E-state index in [1.807, 2.05) is 18.2 Å². The van der Waals surface area contributed by atoms with Gasteiger partial charge in [0, 0.05) is 16.7 Å². The van der Waals surface area contributed by atoms with Gasteiger partial charge in [0.2, 0.25) is 0 Å². The van der Waals surface area contributed by atoms with Crippen molar-refractivity contribution in [3.8, 4) is 45.3 Å². The van der Waals surface area contributed by atoms with Crippen molar-refractivity contribution in [2.75, 3.05) is 0 Å². The van der Waals surface area contributed by atoms with Crippen molar-refractivity contribution in [1.82, 2.24) is 15.0 Å². The SMILES string of the molecule is Cc1ccccc1-c1cccc(-c2nc(-c3ccccc3)nc(-c3ccc4c5ccccc5c5ccccc5c4c3)n2)c1C. The molecule has 1 aromatic heterocycles. The van der Waals surface area contributed by atoms with Gasteiger partial charge in [0.1, 0.15) is 0 Å². The zero-order valence-corrected chi connectivity index (χ0v) is 24.6. The van der Waals surface area contributed by atoms with Crippen LogP contribution in [0.15, 0.2) is 140 Å². The molecule has 44 heavy (non-hydrogen) atoms. The number of aromatic nitrogens is 3. The summed E-state index contributed by atoms with van der Waals surface area (Å²) in [6, 6.07) is 49.0. The summed E-state index contributed by atoms with van der Waals surface area (Å²) in [6.07, 6.45) is 0. The smallest absolute Gasteiger partial charge is 0.164 e. The maximum Gasteiger partial charge on any atom is 0.164 e. The molecule has 3 heteroatoms. The van der Waals surface area contributed by atoms with Crippen LogP contribution in [0.5, 0.6) is 0 Å². The molecule has 3 nitrogen and oxygen atoms in total. The Kier molecular flexibility index (Phi) is 6.23. The van der Waals surface area contributed by atoms with Crippen molar-refractivity contribution in [1.29, 1.82) is 0 Å². The number of hydrogen-bond acceptors (Lipinski definition) is 3. The Morgan fingerprint density at radius 3 is 1.52 bits per heavy atom. The van der Waals surface area contributed by atoms with Crippen molar-refractivity contribution < 1.29 is 0 Å². The Balaban J connectivity index is 1.37. The molecule has 0 spiro atoms. The highest BCUT2D eigenvalue weighted by Gasteiger charge is 2.17. The second-order valence-electron chi connectivity index (χ2n) is 11.3. The number of rotatable bonds is 4. The van der Waals surface area contributed by atoms with E-state index in [1.165, 1.54) is 49.0 Å². The number of nitrogens with zero attached hydrogens (tertiary/aromatic N) is 3. The second kappa shape index (κ2) is 10.6. The largest absolute Gasteiger partial charge is 0.208 e. The zero-order valence-electron chi connectivity index (χ0n) is 24.6. The molecule has 0 fully saturated rings. The maximum absolute atomic E-state index is 5.14. The average Bonchev–Trinajstić information content (AvgIpc) is 3.09. The van der Waals surface area contributed by atoms with Gasteiger partial charge in [-0.2, -0.15) is 0 Å². The third kappa shape index (κ3) is 4.33. The lowest BCUT2D eigenvalue weighted by Gasteiger charge is -2.15. The van der Waals surface area contributed by atoms with Gasteiger partial charge >= 0.3 is 0 Å². The fraction of sp³-hybridized carbons (Fsp3) is 0.0488. The first-order chi connectivity index (χ1) is 21.7. The van der Waals surface area contributed by atoms with E-state index in [2.05, 4.69) is 135 Å². The van der Waals surface area contributed by atoms with Gasteiger partial charge in [0.05, 0.1) is 0 Å². The highest BCUT2D eigenvalue weighted by Crippen LogP contribution is 2.38. The van der Waals surface area contributed by atoms with Gasteiger partial charge in [-0.25, -0.2) is 15.0 Å². The molecule has 0 aliphatic carbocycles. The van der Waals surface area contributed by atoms with Crippen LogP contribution < -0.4 is 0 Å². The van der Waals surface area contributed by atoms with Crippen LogP contribution in [0.4, 0.5) is 0 Å². The minimum absolute atomic E-state index is 0.661. The molecule has 0 bridgehead atoms. The standard InChI is InChI=1S/C41H29N3/c1-26-13-6-7-16-30(26)31-21-12-22-32(27(31)2)41-43-39(28-14-4-3-5-15-28)42-40(44-41)29-23-24-37-35-19-9-8-17-33(35)34-18-10-11-20-36(34)38(37)25-29/h3-25H,1-2H3. The third-order valence-corrected chi connectivity index (χ3v) is 8.68. The first kappa shape index (κ1) is 26.0. The first-order valence-electron chi connectivity index (χ1n) is 15.0. The quantitative estimate of drug-likeness (QED) is 0.200. The van der Waals surface area contributed by atoms with Gasteiger partial charge in [0.15, 0.2) is 17.5 Å². The van der Waals surface area contributed by atoms with Crippen LogP contribution in [0.3, 0.4) is 0 Å². The van der Waals surface area contributed by atoms with E-state index in [0.717, 1.165) is 22.3 Å². The molecule has 0 amide bonds. The van der Waals surface area contributed by atoms with E-state index >= 15 is 0 Å². The van der Waals surface area contributed by atoms with E-state index < -0.39 is 0 Å². The third-order valence-electron chi connectivity index (χ3n) is 8.68. The summed E-state index contributed by atoms with van der Waals surface area (Å²) in [7, 11) is 0. The minimum Gasteiger partial charge on any atom is -0.208 e. The Labute approximate surface area is 256 Å². The normalized spacial score (nSPS) is 11.4. The van der Waals surface area contributed by atoms with Crippen molar-refractivity contribution >= 4 is 32.3 Å². The topological polar surface area (TPSA) is 38.7 Å². The maximum atomic E-state index is 5.14. The van der Waals surface area contributed by atoms with Gasteiger partial charge in [-0.15, -0.1) is 0 Å². The molecule has 8 rings (SSSR count). The van der Waals surface area contributed by atoms with Crippen LogP contribution >= 0.6 is 0 Å². The Hall–Kier alpha value is -5.67. The van der Waals surface area contributed by atoms with Crippen molar-refractivity contribution in [3.05, 3.63) is 151 Å². The average molecular weight is 564 g/mol. The van der Waals surface area contributed by atoms with Crippen molar-refractivity contribution in [3.63, 3.8) is 0 Å². The summed E-state index contributed by atoms with van der Waals surface area (Å²) in [4.78, 5) is 15.2. The molecule has 7 aromatic carbocycles. The predicted molar refractivity (Wildman–Crippen MR) is 184 cm³/mol. The molecule has 0 aliphatic heterocycles. The van der Waals surface area contributed by atoms with E-state index in [4.69, 9.17) is 15.0 Å². The Morgan fingerprint density at radius 2 is 0.841 bits per heavy atom. The van der Waals surface area contributed by atoms with Crippen molar-refractivity contribution in [2.45, 2.75) is 13.8 Å². The molecule has 0 radical (unpaired) electrons. The lowest BCUT2D eigenvalue weighted by molar-refractivity contribution is 1.07. The van der Waals surface area contributed by atoms with E-state index in [9.17, 15) is 0 Å².